The van der Waals surface area contributed by atoms with E-state index in [9.17, 15) is 4.79 Å². The Morgan fingerprint density at radius 3 is 3.11 bits per heavy atom. The number of carbonyl (C=O) groups excluding carboxylic acids is 1. The van der Waals surface area contributed by atoms with Crippen LogP contribution in [0.5, 0.6) is 0 Å². The molecule has 2 atom stereocenters. The molecule has 1 aromatic heterocycles. The molecule has 100 valence electrons. The lowest BCUT2D eigenvalue weighted by molar-refractivity contribution is -0.135. The lowest BCUT2D eigenvalue weighted by atomic mass is 9.96. The Labute approximate surface area is 108 Å². The van der Waals surface area contributed by atoms with Gasteiger partial charge >= 0.3 is 0 Å². The third-order valence-electron chi connectivity index (χ3n) is 3.64. The van der Waals surface area contributed by atoms with Crippen molar-refractivity contribution >= 4 is 5.91 Å². The van der Waals surface area contributed by atoms with Crippen LogP contribution in [0.25, 0.3) is 0 Å². The molecule has 4 heteroatoms. The van der Waals surface area contributed by atoms with Gasteiger partial charge in [0.05, 0.1) is 6.26 Å². The minimum absolute atomic E-state index is 0.0536. The Bertz CT molecular complexity index is 373. The summed E-state index contributed by atoms with van der Waals surface area (Å²) in [4.78, 5) is 14.2. The van der Waals surface area contributed by atoms with Crippen LogP contribution >= 0.6 is 0 Å². The van der Waals surface area contributed by atoms with Crippen LogP contribution in [-0.4, -0.2) is 29.4 Å². The molecule has 1 fully saturated rings. The van der Waals surface area contributed by atoms with Gasteiger partial charge < -0.3 is 15.1 Å². The molecule has 1 aliphatic rings. The summed E-state index contributed by atoms with van der Waals surface area (Å²) in [5, 5.41) is 0. The van der Waals surface area contributed by atoms with E-state index in [1.165, 1.54) is 6.42 Å². The van der Waals surface area contributed by atoms with Crippen molar-refractivity contribution in [3.63, 3.8) is 0 Å². The topological polar surface area (TPSA) is 59.5 Å². The van der Waals surface area contributed by atoms with E-state index in [0.29, 0.717) is 12.8 Å². The zero-order chi connectivity index (χ0) is 13.0. The molecular formula is C14H22N2O2. The summed E-state index contributed by atoms with van der Waals surface area (Å²) >= 11 is 0. The van der Waals surface area contributed by atoms with Gasteiger partial charge in [-0.3, -0.25) is 4.79 Å². The van der Waals surface area contributed by atoms with Gasteiger partial charge in [0, 0.05) is 31.5 Å². The van der Waals surface area contributed by atoms with E-state index < -0.39 is 0 Å². The zero-order valence-corrected chi connectivity index (χ0v) is 11.0. The van der Waals surface area contributed by atoms with E-state index >= 15 is 0 Å². The van der Waals surface area contributed by atoms with Crippen LogP contribution in [0.1, 0.15) is 38.4 Å². The van der Waals surface area contributed by atoms with Gasteiger partial charge in [0.2, 0.25) is 5.91 Å². The number of hydrogen-bond acceptors (Lipinski definition) is 3. The summed E-state index contributed by atoms with van der Waals surface area (Å²) in [7, 11) is 0. The van der Waals surface area contributed by atoms with Crippen molar-refractivity contribution in [2.75, 3.05) is 6.54 Å². The third-order valence-corrected chi connectivity index (χ3v) is 3.64. The predicted molar refractivity (Wildman–Crippen MR) is 70.0 cm³/mol. The highest BCUT2D eigenvalue weighted by Gasteiger charge is 2.28. The first-order valence-electron chi connectivity index (χ1n) is 6.76. The first-order chi connectivity index (χ1) is 8.68. The second-order valence-corrected chi connectivity index (χ2v) is 5.09. The zero-order valence-electron chi connectivity index (χ0n) is 11.0. The van der Waals surface area contributed by atoms with E-state index in [2.05, 4.69) is 0 Å². The van der Waals surface area contributed by atoms with Crippen molar-refractivity contribution in [2.24, 2.45) is 5.73 Å². The average molecular weight is 250 g/mol. The smallest absolute Gasteiger partial charge is 0.223 e. The molecule has 0 bridgehead atoms. The number of rotatable bonds is 4. The van der Waals surface area contributed by atoms with Crippen molar-refractivity contribution in [2.45, 2.75) is 51.1 Å². The van der Waals surface area contributed by atoms with Crippen LogP contribution < -0.4 is 5.73 Å². The number of aryl methyl sites for hydroxylation is 1. The highest BCUT2D eigenvalue weighted by Crippen LogP contribution is 2.20. The van der Waals surface area contributed by atoms with Gasteiger partial charge in [-0.2, -0.15) is 0 Å². The molecule has 18 heavy (non-hydrogen) atoms. The summed E-state index contributed by atoms with van der Waals surface area (Å²) in [6, 6.07) is 4.03. The summed E-state index contributed by atoms with van der Waals surface area (Å²) in [6.07, 6.45) is 6.13. The maximum atomic E-state index is 12.2. The summed E-state index contributed by atoms with van der Waals surface area (Å²) in [5.41, 5.74) is 5.97. The molecule has 0 aliphatic carbocycles. The summed E-state index contributed by atoms with van der Waals surface area (Å²) in [6.45, 7) is 2.84. The number of amides is 1. The maximum absolute atomic E-state index is 12.2. The van der Waals surface area contributed by atoms with Gasteiger partial charge in [0.15, 0.2) is 0 Å². The SMILES string of the molecule is CC(N)C1CCCCN1C(=O)CCc1ccco1. The van der Waals surface area contributed by atoms with Gasteiger partial charge in [-0.25, -0.2) is 0 Å². The molecule has 4 nitrogen and oxygen atoms in total. The number of carbonyl (C=O) groups is 1. The molecule has 1 aliphatic heterocycles. The second-order valence-electron chi connectivity index (χ2n) is 5.09. The lowest BCUT2D eigenvalue weighted by Gasteiger charge is -2.38. The van der Waals surface area contributed by atoms with Crippen LogP contribution in [0.4, 0.5) is 0 Å². The Hall–Kier alpha value is -1.29. The van der Waals surface area contributed by atoms with Crippen LogP contribution in [0.3, 0.4) is 0 Å². The summed E-state index contributed by atoms with van der Waals surface area (Å²) < 4.78 is 5.25. The van der Waals surface area contributed by atoms with Crippen molar-refractivity contribution in [3.05, 3.63) is 24.2 Å². The molecule has 2 N–H and O–H groups in total. The van der Waals surface area contributed by atoms with E-state index in [4.69, 9.17) is 10.2 Å². The van der Waals surface area contributed by atoms with Gasteiger partial charge in [-0.1, -0.05) is 0 Å². The van der Waals surface area contributed by atoms with E-state index in [1.54, 1.807) is 6.26 Å². The molecule has 1 amide bonds. The Morgan fingerprint density at radius 1 is 1.61 bits per heavy atom. The number of nitrogens with two attached hydrogens (primary N) is 1. The highest BCUT2D eigenvalue weighted by molar-refractivity contribution is 5.77. The molecule has 1 aromatic rings. The molecule has 1 saturated heterocycles. The Balaban J connectivity index is 1.90. The number of furan rings is 1. The van der Waals surface area contributed by atoms with Crippen molar-refractivity contribution < 1.29 is 9.21 Å². The minimum atomic E-state index is 0.0536. The first kappa shape index (κ1) is 13.1. The molecule has 0 saturated carbocycles. The first-order valence-corrected chi connectivity index (χ1v) is 6.76. The van der Waals surface area contributed by atoms with Crippen LogP contribution in [0.2, 0.25) is 0 Å². The largest absolute Gasteiger partial charge is 0.469 e. The van der Waals surface area contributed by atoms with Crippen LogP contribution in [-0.2, 0) is 11.2 Å². The van der Waals surface area contributed by atoms with Gasteiger partial charge in [0.1, 0.15) is 5.76 Å². The fraction of sp³-hybridized carbons (Fsp3) is 0.643. The second kappa shape index (κ2) is 6.05. The molecule has 0 spiro atoms. The van der Waals surface area contributed by atoms with Gasteiger partial charge in [-0.05, 0) is 38.3 Å². The normalized spacial score (nSPS) is 21.9. The monoisotopic (exact) mass is 250 g/mol. The van der Waals surface area contributed by atoms with Crippen LogP contribution in [0, 0.1) is 0 Å². The molecule has 0 aromatic carbocycles. The highest BCUT2D eigenvalue weighted by atomic mass is 16.3. The summed E-state index contributed by atoms with van der Waals surface area (Å²) in [5.74, 6) is 1.08. The number of likely N-dealkylation sites (tertiary alicyclic amines) is 1. The number of nitrogens with zero attached hydrogens (tertiary/aromatic N) is 1. The number of hydrogen-bond donors (Lipinski definition) is 1. The predicted octanol–water partition coefficient (Wildman–Crippen LogP) is 1.94. The lowest BCUT2D eigenvalue weighted by Crippen LogP contribution is -2.51. The standard InChI is InChI=1S/C14H22N2O2/c1-11(15)13-6-2-3-9-16(13)14(17)8-7-12-5-4-10-18-12/h4-5,10-11,13H,2-3,6-9,15H2,1H3. The van der Waals surface area contributed by atoms with Crippen molar-refractivity contribution in [1.29, 1.82) is 0 Å². The molecule has 2 unspecified atom stereocenters. The molecule has 2 rings (SSSR count). The van der Waals surface area contributed by atoms with Gasteiger partial charge in [-0.15, -0.1) is 0 Å². The quantitative estimate of drug-likeness (QED) is 0.888. The average Bonchev–Trinajstić information content (AvgIpc) is 2.89. The molecule has 2 heterocycles. The van der Waals surface area contributed by atoms with E-state index in [1.807, 2.05) is 24.0 Å². The maximum Gasteiger partial charge on any atom is 0.223 e. The molecule has 0 radical (unpaired) electrons. The van der Waals surface area contributed by atoms with E-state index in [0.717, 1.165) is 25.1 Å². The van der Waals surface area contributed by atoms with Crippen LogP contribution in [0.15, 0.2) is 22.8 Å². The Kier molecular flexibility index (Phi) is 4.42. The van der Waals surface area contributed by atoms with Crippen molar-refractivity contribution in [3.8, 4) is 0 Å². The third kappa shape index (κ3) is 3.13. The van der Waals surface area contributed by atoms with Gasteiger partial charge in [0.25, 0.3) is 0 Å². The van der Waals surface area contributed by atoms with E-state index in [-0.39, 0.29) is 18.0 Å². The fourth-order valence-electron chi connectivity index (χ4n) is 2.64. The molecular weight excluding hydrogens is 228 g/mol. The fourth-order valence-corrected chi connectivity index (χ4v) is 2.64. The van der Waals surface area contributed by atoms with Crippen molar-refractivity contribution in [1.82, 2.24) is 4.90 Å². The Morgan fingerprint density at radius 2 is 2.44 bits per heavy atom. The number of piperidine rings is 1. The minimum Gasteiger partial charge on any atom is -0.469 e.